The van der Waals surface area contributed by atoms with Crippen molar-refractivity contribution in [1.82, 2.24) is 20.4 Å². The predicted molar refractivity (Wildman–Crippen MR) is 126 cm³/mol. The molecule has 1 amide bonds. The minimum atomic E-state index is 0. The monoisotopic (exact) mass is 505 g/mol. The Kier molecular flexibility index (Phi) is 8.04. The standard InChI is InChI=1S/C21H39N5O.HI/c1-16-9-17(2)12-26(11-16)20(3,4)13-24-19(22-5)25-8-6-7-21(15-25)10-18(27)23-14-21;/h16-17H,6-15H2,1-5H3,(H,22,24)(H,23,27);1H. The van der Waals surface area contributed by atoms with E-state index >= 15 is 0 Å². The number of halogens is 1. The fraction of sp³-hybridized carbons (Fsp3) is 0.905. The molecule has 3 aliphatic rings. The molecule has 6 nitrogen and oxygen atoms in total. The van der Waals surface area contributed by atoms with Gasteiger partial charge in [-0.3, -0.25) is 14.7 Å². The number of rotatable bonds is 3. The quantitative estimate of drug-likeness (QED) is 0.352. The van der Waals surface area contributed by atoms with Crippen LogP contribution in [-0.4, -0.2) is 73.5 Å². The average molecular weight is 505 g/mol. The highest BCUT2D eigenvalue weighted by atomic mass is 127. The maximum Gasteiger partial charge on any atom is 0.220 e. The van der Waals surface area contributed by atoms with Crippen LogP contribution in [0.2, 0.25) is 0 Å². The maximum absolute atomic E-state index is 11.8. The van der Waals surface area contributed by atoms with Crippen LogP contribution in [0.1, 0.15) is 53.4 Å². The Morgan fingerprint density at radius 1 is 1.32 bits per heavy atom. The second kappa shape index (κ2) is 9.49. The largest absolute Gasteiger partial charge is 0.355 e. The van der Waals surface area contributed by atoms with E-state index in [0.717, 1.165) is 56.8 Å². The summed E-state index contributed by atoms with van der Waals surface area (Å²) >= 11 is 0. The molecule has 0 aromatic carbocycles. The first-order chi connectivity index (χ1) is 12.7. The van der Waals surface area contributed by atoms with Crippen LogP contribution in [0.3, 0.4) is 0 Å². The molecule has 7 heteroatoms. The summed E-state index contributed by atoms with van der Waals surface area (Å²) in [5.41, 5.74) is 0.192. The minimum absolute atomic E-state index is 0. The zero-order valence-electron chi connectivity index (χ0n) is 18.4. The van der Waals surface area contributed by atoms with Crippen molar-refractivity contribution in [2.75, 3.05) is 46.3 Å². The third-order valence-electron chi connectivity index (χ3n) is 6.77. The summed E-state index contributed by atoms with van der Waals surface area (Å²) in [7, 11) is 1.87. The molecule has 0 aromatic rings. The van der Waals surface area contributed by atoms with Gasteiger partial charge in [-0.1, -0.05) is 13.8 Å². The number of aliphatic imine (C=N–C) groups is 1. The first-order valence-electron chi connectivity index (χ1n) is 10.7. The number of nitrogens with one attached hydrogen (secondary N) is 2. The van der Waals surface area contributed by atoms with Crippen molar-refractivity contribution < 1.29 is 4.79 Å². The summed E-state index contributed by atoms with van der Waals surface area (Å²) in [6.45, 7) is 15.4. The summed E-state index contributed by atoms with van der Waals surface area (Å²) in [4.78, 5) is 21.3. The lowest BCUT2D eigenvalue weighted by molar-refractivity contribution is -0.119. The van der Waals surface area contributed by atoms with Gasteiger partial charge in [0.1, 0.15) is 0 Å². The summed E-state index contributed by atoms with van der Waals surface area (Å²) in [6, 6.07) is 0. The van der Waals surface area contributed by atoms with Gasteiger partial charge in [0.15, 0.2) is 5.96 Å². The molecule has 3 saturated heterocycles. The zero-order valence-corrected chi connectivity index (χ0v) is 20.7. The Morgan fingerprint density at radius 3 is 2.57 bits per heavy atom. The fourth-order valence-electron chi connectivity index (χ4n) is 5.33. The van der Waals surface area contributed by atoms with Crippen LogP contribution in [0, 0.1) is 17.3 Å². The molecule has 0 bridgehead atoms. The first-order valence-corrected chi connectivity index (χ1v) is 10.7. The molecular formula is C21H40IN5O. The molecule has 3 rings (SSSR count). The molecule has 162 valence electrons. The van der Waals surface area contributed by atoms with Crippen molar-refractivity contribution in [3.8, 4) is 0 Å². The lowest BCUT2D eigenvalue weighted by Gasteiger charge is -2.46. The Balaban J connectivity index is 0.00000280. The highest BCUT2D eigenvalue weighted by molar-refractivity contribution is 14.0. The summed E-state index contributed by atoms with van der Waals surface area (Å²) < 4.78 is 0. The van der Waals surface area contributed by atoms with Crippen LogP contribution in [0.15, 0.2) is 4.99 Å². The molecule has 3 fully saturated rings. The molecule has 3 aliphatic heterocycles. The highest BCUT2D eigenvalue weighted by Crippen LogP contribution is 2.36. The van der Waals surface area contributed by atoms with Crippen LogP contribution in [0.4, 0.5) is 0 Å². The van der Waals surface area contributed by atoms with Gasteiger partial charge < -0.3 is 15.5 Å². The molecule has 3 heterocycles. The highest BCUT2D eigenvalue weighted by Gasteiger charge is 2.42. The Labute approximate surface area is 188 Å². The van der Waals surface area contributed by atoms with Crippen molar-refractivity contribution >= 4 is 35.8 Å². The van der Waals surface area contributed by atoms with Gasteiger partial charge in [0.25, 0.3) is 0 Å². The van der Waals surface area contributed by atoms with Gasteiger partial charge in [-0.05, 0) is 44.9 Å². The van der Waals surface area contributed by atoms with Crippen molar-refractivity contribution in [2.45, 2.75) is 58.9 Å². The summed E-state index contributed by atoms with van der Waals surface area (Å²) in [6.07, 6.45) is 4.26. The van der Waals surface area contributed by atoms with E-state index in [9.17, 15) is 4.79 Å². The van der Waals surface area contributed by atoms with Crippen molar-refractivity contribution in [3.05, 3.63) is 0 Å². The van der Waals surface area contributed by atoms with Gasteiger partial charge in [-0.15, -0.1) is 24.0 Å². The predicted octanol–water partition coefficient (Wildman–Crippen LogP) is 2.54. The number of nitrogens with zero attached hydrogens (tertiary/aromatic N) is 3. The SMILES string of the molecule is CN=C(NCC(C)(C)N1CC(C)CC(C)C1)N1CCCC2(CNC(=O)C2)C1.I. The van der Waals surface area contributed by atoms with E-state index in [2.05, 4.69) is 53.1 Å². The normalized spacial score (nSPS) is 32.2. The Morgan fingerprint density at radius 2 is 2.00 bits per heavy atom. The number of amides is 1. The van der Waals surface area contributed by atoms with Gasteiger partial charge >= 0.3 is 0 Å². The van der Waals surface area contributed by atoms with Crippen LogP contribution < -0.4 is 10.6 Å². The van der Waals surface area contributed by atoms with Gasteiger partial charge in [0.2, 0.25) is 5.91 Å². The van der Waals surface area contributed by atoms with Crippen molar-refractivity contribution in [3.63, 3.8) is 0 Å². The molecule has 0 aliphatic carbocycles. The van der Waals surface area contributed by atoms with Crippen molar-refractivity contribution in [2.24, 2.45) is 22.2 Å². The number of carbonyl (C=O) groups is 1. The van der Waals surface area contributed by atoms with Gasteiger partial charge in [-0.2, -0.15) is 0 Å². The lowest BCUT2D eigenvalue weighted by atomic mass is 9.79. The van der Waals surface area contributed by atoms with Gasteiger partial charge in [-0.25, -0.2) is 0 Å². The van der Waals surface area contributed by atoms with Crippen LogP contribution in [0.5, 0.6) is 0 Å². The third-order valence-corrected chi connectivity index (χ3v) is 6.77. The lowest BCUT2D eigenvalue weighted by Crippen LogP contribution is -2.58. The van der Waals surface area contributed by atoms with Crippen LogP contribution in [0.25, 0.3) is 0 Å². The van der Waals surface area contributed by atoms with E-state index in [1.165, 1.54) is 19.5 Å². The molecule has 28 heavy (non-hydrogen) atoms. The van der Waals surface area contributed by atoms with E-state index in [-0.39, 0.29) is 40.8 Å². The number of piperidine rings is 2. The fourth-order valence-corrected chi connectivity index (χ4v) is 5.33. The van der Waals surface area contributed by atoms with E-state index in [1.54, 1.807) is 0 Å². The number of carbonyl (C=O) groups excluding carboxylic acids is 1. The summed E-state index contributed by atoms with van der Waals surface area (Å²) in [5.74, 6) is 2.72. The molecule has 0 saturated carbocycles. The topological polar surface area (TPSA) is 60.0 Å². The Hall–Kier alpha value is -0.570. The third kappa shape index (κ3) is 5.52. The van der Waals surface area contributed by atoms with Crippen LogP contribution in [-0.2, 0) is 4.79 Å². The van der Waals surface area contributed by atoms with Crippen molar-refractivity contribution in [1.29, 1.82) is 0 Å². The molecular weight excluding hydrogens is 465 g/mol. The molecule has 0 radical (unpaired) electrons. The Bertz CT molecular complexity index is 571. The van der Waals surface area contributed by atoms with E-state index in [0.29, 0.717) is 6.42 Å². The van der Waals surface area contributed by atoms with Gasteiger partial charge in [0, 0.05) is 63.7 Å². The number of hydrogen-bond donors (Lipinski definition) is 2. The van der Waals surface area contributed by atoms with E-state index in [1.807, 2.05) is 7.05 Å². The second-order valence-corrected chi connectivity index (χ2v) is 10.0. The maximum atomic E-state index is 11.8. The minimum Gasteiger partial charge on any atom is -0.355 e. The summed E-state index contributed by atoms with van der Waals surface area (Å²) in [5, 5.41) is 6.69. The first kappa shape index (κ1) is 23.7. The number of hydrogen-bond acceptors (Lipinski definition) is 3. The zero-order chi connectivity index (χ0) is 19.7. The van der Waals surface area contributed by atoms with Crippen LogP contribution >= 0.6 is 24.0 Å². The molecule has 2 N–H and O–H groups in total. The molecule has 3 atom stereocenters. The number of likely N-dealkylation sites (tertiary alicyclic amines) is 2. The van der Waals surface area contributed by atoms with Gasteiger partial charge in [0.05, 0.1) is 0 Å². The smallest absolute Gasteiger partial charge is 0.220 e. The second-order valence-electron chi connectivity index (χ2n) is 10.0. The molecule has 0 aromatic heterocycles. The average Bonchev–Trinajstić information content (AvgIpc) is 2.94. The molecule has 1 spiro atoms. The van der Waals surface area contributed by atoms with E-state index in [4.69, 9.17) is 0 Å². The molecule has 3 unspecified atom stereocenters. The van der Waals surface area contributed by atoms with E-state index < -0.39 is 0 Å². The number of guanidine groups is 1.